The summed E-state index contributed by atoms with van der Waals surface area (Å²) in [5.41, 5.74) is 1.69. The molecule has 6 nitrogen and oxygen atoms in total. The molecule has 1 saturated carbocycles. The number of benzene rings is 2. The molecule has 0 bridgehead atoms. The highest BCUT2D eigenvalue weighted by Gasteiger charge is 2.47. The number of carbonyl (C=O) groups excluding carboxylic acids is 3. The SMILES string of the molecule is CC(=O)Nc1cccc(NC(=O)C2CC2C(=O)NCCc2ccccc2F)c1. The quantitative estimate of drug-likeness (QED) is 0.687. The van der Waals surface area contributed by atoms with Crippen LogP contribution in [-0.2, 0) is 20.8 Å². The van der Waals surface area contributed by atoms with Gasteiger partial charge in [-0.3, -0.25) is 14.4 Å². The molecule has 1 fully saturated rings. The number of halogens is 1. The lowest BCUT2D eigenvalue weighted by molar-refractivity contribution is -0.125. The first-order valence-corrected chi connectivity index (χ1v) is 9.13. The predicted molar refractivity (Wildman–Crippen MR) is 104 cm³/mol. The Morgan fingerprint density at radius 1 is 0.964 bits per heavy atom. The van der Waals surface area contributed by atoms with E-state index in [9.17, 15) is 18.8 Å². The predicted octanol–water partition coefficient (Wildman–Crippen LogP) is 2.72. The normalized spacial score (nSPS) is 17.5. The Morgan fingerprint density at radius 3 is 2.36 bits per heavy atom. The van der Waals surface area contributed by atoms with Gasteiger partial charge in [-0.25, -0.2) is 4.39 Å². The van der Waals surface area contributed by atoms with Crippen molar-refractivity contribution in [3.05, 3.63) is 59.9 Å². The highest BCUT2D eigenvalue weighted by Crippen LogP contribution is 2.39. The Bertz CT molecular complexity index is 900. The number of hydrogen-bond donors (Lipinski definition) is 3. The van der Waals surface area contributed by atoms with E-state index in [-0.39, 0.29) is 35.4 Å². The summed E-state index contributed by atoms with van der Waals surface area (Å²) >= 11 is 0. The molecule has 0 heterocycles. The van der Waals surface area contributed by atoms with Crippen LogP contribution in [0.3, 0.4) is 0 Å². The molecular formula is C21H22FN3O3. The van der Waals surface area contributed by atoms with Crippen molar-refractivity contribution < 1.29 is 18.8 Å². The van der Waals surface area contributed by atoms with E-state index >= 15 is 0 Å². The maximum Gasteiger partial charge on any atom is 0.228 e. The molecule has 2 aromatic rings. The van der Waals surface area contributed by atoms with Gasteiger partial charge in [0.15, 0.2) is 0 Å². The molecule has 0 aromatic heterocycles. The maximum atomic E-state index is 13.6. The van der Waals surface area contributed by atoms with Gasteiger partial charge in [-0.1, -0.05) is 24.3 Å². The number of hydrogen-bond acceptors (Lipinski definition) is 3. The van der Waals surface area contributed by atoms with E-state index in [0.717, 1.165) is 0 Å². The molecule has 1 aliphatic rings. The van der Waals surface area contributed by atoms with Crippen molar-refractivity contribution >= 4 is 29.1 Å². The van der Waals surface area contributed by atoms with Crippen LogP contribution in [0.2, 0.25) is 0 Å². The van der Waals surface area contributed by atoms with Gasteiger partial charge >= 0.3 is 0 Å². The average Bonchev–Trinajstić information content (AvgIpc) is 3.44. The molecule has 146 valence electrons. The summed E-state index contributed by atoms with van der Waals surface area (Å²) in [6.45, 7) is 1.73. The third kappa shape index (κ3) is 5.16. The third-order valence-corrected chi connectivity index (χ3v) is 4.57. The van der Waals surface area contributed by atoms with Crippen LogP contribution >= 0.6 is 0 Å². The van der Waals surface area contributed by atoms with Crippen LogP contribution in [0, 0.1) is 17.7 Å². The molecule has 0 aliphatic heterocycles. The molecule has 1 aliphatic carbocycles. The first-order valence-electron chi connectivity index (χ1n) is 9.13. The molecule has 0 radical (unpaired) electrons. The van der Waals surface area contributed by atoms with Crippen LogP contribution in [0.5, 0.6) is 0 Å². The van der Waals surface area contributed by atoms with E-state index in [1.54, 1.807) is 42.5 Å². The fourth-order valence-electron chi connectivity index (χ4n) is 3.04. The lowest BCUT2D eigenvalue weighted by Gasteiger charge is -2.08. The largest absolute Gasteiger partial charge is 0.356 e. The number of anilines is 2. The van der Waals surface area contributed by atoms with Gasteiger partial charge in [0, 0.05) is 24.8 Å². The molecule has 28 heavy (non-hydrogen) atoms. The second kappa shape index (κ2) is 8.65. The summed E-state index contributed by atoms with van der Waals surface area (Å²) in [4.78, 5) is 35.6. The van der Waals surface area contributed by atoms with Gasteiger partial charge in [0.2, 0.25) is 17.7 Å². The van der Waals surface area contributed by atoms with Gasteiger partial charge in [-0.15, -0.1) is 0 Å². The highest BCUT2D eigenvalue weighted by molar-refractivity contribution is 6.00. The summed E-state index contributed by atoms with van der Waals surface area (Å²) in [6, 6.07) is 13.3. The Labute approximate surface area is 162 Å². The minimum Gasteiger partial charge on any atom is -0.356 e. The van der Waals surface area contributed by atoms with Gasteiger partial charge in [0.05, 0.1) is 11.8 Å². The Kier molecular flexibility index (Phi) is 6.03. The Balaban J connectivity index is 1.45. The number of carbonyl (C=O) groups is 3. The number of rotatable bonds is 7. The molecule has 3 N–H and O–H groups in total. The fraction of sp³-hybridized carbons (Fsp3) is 0.286. The molecule has 2 atom stereocenters. The molecule has 2 aromatic carbocycles. The molecule has 3 amide bonds. The first kappa shape index (κ1) is 19.5. The zero-order chi connectivity index (χ0) is 20.1. The van der Waals surface area contributed by atoms with Crippen molar-refractivity contribution in [1.29, 1.82) is 0 Å². The van der Waals surface area contributed by atoms with Gasteiger partial charge < -0.3 is 16.0 Å². The monoisotopic (exact) mass is 383 g/mol. The summed E-state index contributed by atoms with van der Waals surface area (Å²) in [5.74, 6) is -1.64. The third-order valence-electron chi connectivity index (χ3n) is 4.57. The zero-order valence-electron chi connectivity index (χ0n) is 15.5. The van der Waals surface area contributed by atoms with Gasteiger partial charge in [0.1, 0.15) is 5.82 Å². The second-order valence-electron chi connectivity index (χ2n) is 6.83. The van der Waals surface area contributed by atoms with Crippen molar-refractivity contribution in [2.24, 2.45) is 11.8 Å². The molecule has 0 saturated heterocycles. The van der Waals surface area contributed by atoms with E-state index in [4.69, 9.17) is 0 Å². The molecule has 7 heteroatoms. The van der Waals surface area contributed by atoms with Crippen molar-refractivity contribution in [2.75, 3.05) is 17.2 Å². The summed E-state index contributed by atoms with van der Waals surface area (Å²) in [6.07, 6.45) is 0.890. The van der Waals surface area contributed by atoms with Gasteiger partial charge in [-0.05, 0) is 42.7 Å². The van der Waals surface area contributed by atoms with E-state index in [1.807, 2.05) is 0 Å². The topological polar surface area (TPSA) is 87.3 Å². The molecule has 0 spiro atoms. The summed E-state index contributed by atoms with van der Waals surface area (Å²) in [5, 5.41) is 8.19. The van der Waals surface area contributed by atoms with Crippen molar-refractivity contribution in [2.45, 2.75) is 19.8 Å². The van der Waals surface area contributed by atoms with Crippen LogP contribution in [0.4, 0.5) is 15.8 Å². The lowest BCUT2D eigenvalue weighted by Crippen LogP contribution is -2.29. The summed E-state index contributed by atoms with van der Waals surface area (Å²) < 4.78 is 13.6. The average molecular weight is 383 g/mol. The number of amides is 3. The van der Waals surface area contributed by atoms with Gasteiger partial charge in [-0.2, -0.15) is 0 Å². The van der Waals surface area contributed by atoms with E-state index in [2.05, 4.69) is 16.0 Å². The van der Waals surface area contributed by atoms with Crippen LogP contribution in [0.25, 0.3) is 0 Å². The smallest absolute Gasteiger partial charge is 0.228 e. The van der Waals surface area contributed by atoms with Crippen molar-refractivity contribution in [3.63, 3.8) is 0 Å². The fourth-order valence-corrected chi connectivity index (χ4v) is 3.04. The minimum absolute atomic E-state index is 0.191. The molecule has 3 rings (SSSR count). The highest BCUT2D eigenvalue weighted by atomic mass is 19.1. The minimum atomic E-state index is -0.377. The summed E-state index contributed by atoms with van der Waals surface area (Å²) in [7, 11) is 0. The van der Waals surface area contributed by atoms with E-state index in [1.165, 1.54) is 13.0 Å². The zero-order valence-corrected chi connectivity index (χ0v) is 15.5. The lowest BCUT2D eigenvalue weighted by atomic mass is 10.1. The van der Waals surface area contributed by atoms with Crippen molar-refractivity contribution in [1.82, 2.24) is 5.32 Å². The van der Waals surface area contributed by atoms with Crippen LogP contribution in [0.1, 0.15) is 18.9 Å². The maximum absolute atomic E-state index is 13.6. The first-order chi connectivity index (χ1) is 13.4. The second-order valence-corrected chi connectivity index (χ2v) is 6.83. The van der Waals surface area contributed by atoms with E-state index in [0.29, 0.717) is 36.3 Å². The van der Waals surface area contributed by atoms with E-state index < -0.39 is 0 Å². The standard InChI is InChI=1S/C21H22FN3O3/c1-13(26)24-15-6-4-7-16(11-15)25-21(28)18-12-17(18)20(27)23-10-9-14-5-2-3-8-19(14)22/h2-8,11,17-18H,9-10,12H2,1H3,(H,23,27)(H,24,26)(H,25,28). The Morgan fingerprint density at radius 2 is 1.64 bits per heavy atom. The molecular weight excluding hydrogens is 361 g/mol. The van der Waals surface area contributed by atoms with Gasteiger partial charge in [0.25, 0.3) is 0 Å². The molecule has 2 unspecified atom stereocenters. The van der Waals surface area contributed by atoms with Crippen molar-refractivity contribution in [3.8, 4) is 0 Å². The Hall–Kier alpha value is -3.22. The van der Waals surface area contributed by atoms with Crippen LogP contribution < -0.4 is 16.0 Å². The van der Waals surface area contributed by atoms with Crippen LogP contribution in [-0.4, -0.2) is 24.3 Å². The van der Waals surface area contributed by atoms with Crippen LogP contribution in [0.15, 0.2) is 48.5 Å². The number of nitrogens with one attached hydrogen (secondary N) is 3.